The second kappa shape index (κ2) is 3.58. The minimum atomic E-state index is 0.0932. The fraction of sp³-hybridized carbons (Fsp3) is 1.00. The maximum Gasteiger partial charge on any atom is 0.0616 e. The fourth-order valence-electron chi connectivity index (χ4n) is 2.82. The van der Waals surface area contributed by atoms with Crippen molar-refractivity contribution < 1.29 is 5.11 Å². The van der Waals surface area contributed by atoms with E-state index in [0.29, 0.717) is 12.5 Å². The van der Waals surface area contributed by atoms with Gasteiger partial charge in [-0.2, -0.15) is 0 Å². The van der Waals surface area contributed by atoms with Gasteiger partial charge in [-0.1, -0.05) is 19.8 Å². The van der Waals surface area contributed by atoms with Crippen LogP contribution in [-0.2, 0) is 0 Å². The summed E-state index contributed by atoms with van der Waals surface area (Å²) in [5, 5.41) is 13.2. The summed E-state index contributed by atoms with van der Waals surface area (Å²) in [5.74, 6) is 0.707. The molecule has 0 aromatic heterocycles. The average Bonchev–Trinajstić information content (AvgIpc) is 2.85. The van der Waals surface area contributed by atoms with Crippen molar-refractivity contribution in [3.63, 3.8) is 0 Å². The van der Waals surface area contributed by atoms with E-state index in [9.17, 15) is 5.11 Å². The Morgan fingerprint density at radius 2 is 2.15 bits per heavy atom. The fourth-order valence-corrected chi connectivity index (χ4v) is 2.82. The molecule has 0 aromatic carbocycles. The normalized spacial score (nSPS) is 39.7. The van der Waals surface area contributed by atoms with E-state index in [2.05, 4.69) is 12.2 Å². The minimum Gasteiger partial charge on any atom is -0.394 e. The smallest absolute Gasteiger partial charge is 0.0616 e. The topological polar surface area (TPSA) is 32.3 Å². The van der Waals surface area contributed by atoms with Crippen molar-refractivity contribution in [1.29, 1.82) is 0 Å². The van der Waals surface area contributed by atoms with Gasteiger partial charge in [-0.25, -0.2) is 0 Å². The summed E-state index contributed by atoms with van der Waals surface area (Å²) in [6, 6.07) is 0.722. The molecule has 0 radical (unpaired) electrons. The summed E-state index contributed by atoms with van der Waals surface area (Å²) in [5.41, 5.74) is 0.0932. The maximum atomic E-state index is 9.53. The molecule has 0 spiro atoms. The van der Waals surface area contributed by atoms with Gasteiger partial charge in [0.15, 0.2) is 0 Å². The monoisotopic (exact) mass is 183 g/mol. The van der Waals surface area contributed by atoms with Gasteiger partial charge in [0.2, 0.25) is 0 Å². The lowest BCUT2D eigenvalue weighted by molar-refractivity contribution is 0.119. The molecule has 0 heterocycles. The quantitative estimate of drug-likeness (QED) is 0.695. The number of aliphatic hydroxyl groups is 1. The van der Waals surface area contributed by atoms with Gasteiger partial charge in [0, 0.05) is 11.6 Å². The van der Waals surface area contributed by atoms with Crippen molar-refractivity contribution in [3.05, 3.63) is 0 Å². The lowest BCUT2D eigenvalue weighted by atomic mass is 9.85. The van der Waals surface area contributed by atoms with Crippen LogP contribution < -0.4 is 5.32 Å². The van der Waals surface area contributed by atoms with Crippen LogP contribution in [0, 0.1) is 5.92 Å². The second-order valence-corrected chi connectivity index (χ2v) is 4.73. The van der Waals surface area contributed by atoms with E-state index in [1.54, 1.807) is 0 Å². The Bertz CT molecular complexity index is 179. The van der Waals surface area contributed by atoms with Gasteiger partial charge in [0.1, 0.15) is 0 Å². The van der Waals surface area contributed by atoms with E-state index in [-0.39, 0.29) is 5.54 Å². The highest BCUT2D eigenvalue weighted by Gasteiger charge is 2.44. The van der Waals surface area contributed by atoms with Crippen LogP contribution in [0.25, 0.3) is 0 Å². The molecule has 13 heavy (non-hydrogen) atoms. The molecular formula is C11H21NO. The first kappa shape index (κ1) is 9.47. The third-order valence-corrected chi connectivity index (χ3v) is 3.80. The molecule has 2 aliphatic rings. The Morgan fingerprint density at radius 1 is 1.38 bits per heavy atom. The first-order valence-corrected chi connectivity index (χ1v) is 5.69. The molecule has 2 nitrogen and oxygen atoms in total. The van der Waals surface area contributed by atoms with Gasteiger partial charge in [-0.05, 0) is 31.6 Å². The summed E-state index contributed by atoms with van der Waals surface area (Å²) in [7, 11) is 0. The van der Waals surface area contributed by atoms with Gasteiger partial charge in [-0.3, -0.25) is 0 Å². The molecule has 2 N–H and O–H groups in total. The van der Waals surface area contributed by atoms with Crippen molar-refractivity contribution in [2.75, 3.05) is 6.61 Å². The van der Waals surface area contributed by atoms with Crippen molar-refractivity contribution in [2.45, 2.75) is 57.0 Å². The molecule has 0 aromatic rings. The van der Waals surface area contributed by atoms with Gasteiger partial charge in [0.05, 0.1) is 6.61 Å². The van der Waals surface area contributed by atoms with Crippen molar-refractivity contribution in [3.8, 4) is 0 Å². The average molecular weight is 183 g/mol. The van der Waals surface area contributed by atoms with Crippen LogP contribution in [-0.4, -0.2) is 23.3 Å². The highest BCUT2D eigenvalue weighted by molar-refractivity contribution is 5.02. The molecule has 2 rings (SSSR count). The maximum absolute atomic E-state index is 9.53. The molecular weight excluding hydrogens is 162 g/mol. The molecule has 76 valence electrons. The Kier molecular flexibility index (Phi) is 2.61. The first-order valence-electron chi connectivity index (χ1n) is 5.69. The number of nitrogens with one attached hydrogen (secondary N) is 1. The van der Waals surface area contributed by atoms with Gasteiger partial charge in [0.25, 0.3) is 0 Å². The molecule has 2 unspecified atom stereocenters. The van der Waals surface area contributed by atoms with Gasteiger partial charge < -0.3 is 10.4 Å². The highest BCUT2D eigenvalue weighted by atomic mass is 16.3. The lowest BCUT2D eigenvalue weighted by Crippen LogP contribution is -2.52. The van der Waals surface area contributed by atoms with Gasteiger partial charge >= 0.3 is 0 Å². The lowest BCUT2D eigenvalue weighted by Gasteiger charge is -2.34. The van der Waals surface area contributed by atoms with Crippen LogP contribution in [0.15, 0.2) is 0 Å². The molecule has 2 aliphatic carbocycles. The molecule has 0 aliphatic heterocycles. The molecule has 0 amide bonds. The minimum absolute atomic E-state index is 0.0932. The zero-order valence-corrected chi connectivity index (χ0v) is 8.55. The van der Waals surface area contributed by atoms with Crippen molar-refractivity contribution >= 4 is 0 Å². The van der Waals surface area contributed by atoms with E-state index < -0.39 is 0 Å². The highest BCUT2D eigenvalue weighted by Crippen LogP contribution is 2.39. The number of hydrogen-bond acceptors (Lipinski definition) is 2. The Morgan fingerprint density at radius 3 is 2.69 bits per heavy atom. The van der Waals surface area contributed by atoms with E-state index in [1.807, 2.05) is 0 Å². The zero-order valence-electron chi connectivity index (χ0n) is 8.55. The number of aliphatic hydroxyl groups excluding tert-OH is 1. The van der Waals surface area contributed by atoms with E-state index >= 15 is 0 Å². The molecule has 2 fully saturated rings. The predicted molar refractivity (Wildman–Crippen MR) is 53.6 cm³/mol. The second-order valence-electron chi connectivity index (χ2n) is 4.73. The first-order chi connectivity index (χ1) is 6.30. The summed E-state index contributed by atoms with van der Waals surface area (Å²) >= 11 is 0. The number of rotatable bonds is 4. The predicted octanol–water partition coefficient (Wildman–Crippen LogP) is 1.68. The van der Waals surface area contributed by atoms with E-state index in [1.165, 1.54) is 38.5 Å². The third-order valence-electron chi connectivity index (χ3n) is 3.80. The van der Waals surface area contributed by atoms with Crippen LogP contribution in [0.5, 0.6) is 0 Å². The Labute approximate surface area is 80.7 Å². The largest absolute Gasteiger partial charge is 0.394 e. The molecule has 2 saturated carbocycles. The van der Waals surface area contributed by atoms with Crippen molar-refractivity contribution in [1.82, 2.24) is 5.32 Å². The molecule has 0 saturated heterocycles. The molecule has 0 bridgehead atoms. The van der Waals surface area contributed by atoms with Crippen LogP contribution in [0.1, 0.15) is 45.4 Å². The number of hydrogen-bond donors (Lipinski definition) is 2. The van der Waals surface area contributed by atoms with E-state index in [0.717, 1.165) is 6.04 Å². The summed E-state index contributed by atoms with van der Waals surface area (Å²) in [6.45, 7) is 2.58. The SMILES string of the molecule is CCC1CCCC1(CO)NC1CC1. The van der Waals surface area contributed by atoms with Crippen LogP contribution in [0.4, 0.5) is 0 Å². The van der Waals surface area contributed by atoms with Crippen molar-refractivity contribution in [2.24, 2.45) is 5.92 Å². The van der Waals surface area contributed by atoms with Crippen LogP contribution in [0.3, 0.4) is 0 Å². The molecule has 2 heteroatoms. The zero-order chi connectivity index (χ0) is 9.31. The van der Waals surface area contributed by atoms with E-state index in [4.69, 9.17) is 0 Å². The van der Waals surface area contributed by atoms with Gasteiger partial charge in [-0.15, -0.1) is 0 Å². The summed E-state index contributed by atoms with van der Waals surface area (Å²) < 4.78 is 0. The summed E-state index contributed by atoms with van der Waals surface area (Å²) in [6.07, 6.45) is 7.62. The Hall–Kier alpha value is -0.0800. The molecule has 2 atom stereocenters. The third kappa shape index (κ3) is 1.75. The van der Waals surface area contributed by atoms with Crippen LogP contribution >= 0.6 is 0 Å². The standard InChI is InChI=1S/C11H21NO/c1-2-9-4-3-7-11(9,8-13)12-10-5-6-10/h9-10,12-13H,2-8H2,1H3. The Balaban J connectivity index is 2.01. The van der Waals surface area contributed by atoms with Crippen LogP contribution in [0.2, 0.25) is 0 Å². The summed E-state index contributed by atoms with van der Waals surface area (Å²) in [4.78, 5) is 0.